The number of allylic oxidation sites excluding steroid dienone is 4. The van der Waals surface area contributed by atoms with E-state index >= 15 is 0 Å². The van der Waals surface area contributed by atoms with E-state index in [9.17, 15) is 22.0 Å². The van der Waals surface area contributed by atoms with Gasteiger partial charge in [0.05, 0.1) is 0 Å². The topological polar surface area (TPSA) is 0 Å². The van der Waals surface area contributed by atoms with Crippen molar-refractivity contribution in [3.05, 3.63) is 103 Å². The van der Waals surface area contributed by atoms with Gasteiger partial charge < -0.3 is 14.9 Å². The van der Waals surface area contributed by atoms with Crippen LogP contribution in [0.5, 0.6) is 0 Å². The minimum atomic E-state index is -2.15. The Morgan fingerprint density at radius 2 is 1.33 bits per heavy atom. The first kappa shape index (κ1) is 31.3. The zero-order valence-corrected chi connectivity index (χ0v) is 22.9. The molecule has 0 heterocycles. The molecule has 7 heteroatoms. The third-order valence-electron chi connectivity index (χ3n) is 5.40. The Kier molecular flexibility index (Phi) is 12.5. The molecule has 33 heavy (non-hydrogen) atoms. The van der Waals surface area contributed by atoms with Gasteiger partial charge in [-0.2, -0.15) is 11.1 Å². The number of hydrogen-bond donors (Lipinski definition) is 0. The van der Waals surface area contributed by atoms with Crippen LogP contribution in [0.25, 0.3) is 21.9 Å². The summed E-state index contributed by atoms with van der Waals surface area (Å²) in [5, 5.41) is 1.09. The van der Waals surface area contributed by atoms with E-state index in [0.29, 0.717) is 16.7 Å². The van der Waals surface area contributed by atoms with Gasteiger partial charge in [0, 0.05) is 5.56 Å². The Hall–Kier alpha value is -1.72. The number of fused-ring (bicyclic) bond motifs is 1. The molecule has 0 bridgehead atoms. The molecular formula is C26H25F5SiZr-4. The van der Waals surface area contributed by atoms with Crippen LogP contribution in [0.2, 0.25) is 0 Å². The number of hydrogen-bond acceptors (Lipinski definition) is 0. The fraction of sp³-hybridized carbons (Fsp3) is 0.192. The van der Waals surface area contributed by atoms with Crippen LogP contribution < -0.4 is 0 Å². The van der Waals surface area contributed by atoms with Crippen LogP contribution in [0.1, 0.15) is 27.7 Å². The van der Waals surface area contributed by atoms with Gasteiger partial charge >= 0.3 is 30.2 Å². The Bertz CT molecular complexity index is 1150. The second kappa shape index (κ2) is 13.2. The van der Waals surface area contributed by atoms with Gasteiger partial charge in [0.1, 0.15) is 0 Å². The fourth-order valence-electron chi connectivity index (χ4n) is 3.37. The Balaban J connectivity index is 0.000000672. The predicted octanol–water partition coefficient (Wildman–Crippen LogP) is 8.16. The van der Waals surface area contributed by atoms with E-state index in [1.54, 1.807) is 30.3 Å². The van der Waals surface area contributed by atoms with E-state index in [4.69, 9.17) is 0 Å². The summed E-state index contributed by atoms with van der Waals surface area (Å²) >= 11 is 1.36. The van der Waals surface area contributed by atoms with Crippen LogP contribution in [-0.4, -0.2) is 6.88 Å². The van der Waals surface area contributed by atoms with Gasteiger partial charge in [-0.3, -0.25) is 6.08 Å². The fourth-order valence-corrected chi connectivity index (χ4v) is 3.37. The molecule has 0 saturated heterocycles. The normalized spacial score (nSPS) is 14.3. The van der Waals surface area contributed by atoms with Gasteiger partial charge in [-0.05, 0) is 0 Å². The molecule has 0 spiro atoms. The van der Waals surface area contributed by atoms with Crippen LogP contribution >= 0.6 is 0 Å². The van der Waals surface area contributed by atoms with Crippen LogP contribution in [0.15, 0.2) is 53.1 Å². The van der Waals surface area contributed by atoms with Crippen LogP contribution in [0, 0.1) is 55.9 Å². The van der Waals surface area contributed by atoms with E-state index in [0.717, 1.165) is 0 Å². The van der Waals surface area contributed by atoms with Gasteiger partial charge in [-0.15, -0.1) is 53.6 Å². The van der Waals surface area contributed by atoms with Crippen molar-refractivity contribution in [1.82, 2.24) is 0 Å². The third-order valence-corrected chi connectivity index (χ3v) is 5.40. The number of benzene rings is 2. The standard InChI is InChI=1S/C15H6F5.C9H13.2CH3.Si.Zr/c16-11-10(12(17)14(19)15(20)13(11)18)9-6-5-7-3-1-2-4-8(7)9;1-6-5-7(2)9(4)8(6)3;;;;/h1-6H;6H,1-4H3;2*1H3;;/q4*-1;;. The van der Waals surface area contributed by atoms with E-state index in [1.165, 1.54) is 46.1 Å². The van der Waals surface area contributed by atoms with Crippen molar-refractivity contribution in [2.24, 2.45) is 5.92 Å². The molecular weight excluding hydrogens is 527 g/mol. The van der Waals surface area contributed by atoms with Crippen LogP contribution in [0.3, 0.4) is 0 Å². The van der Waals surface area contributed by atoms with Crippen molar-refractivity contribution in [2.75, 3.05) is 0 Å². The summed E-state index contributed by atoms with van der Waals surface area (Å²) in [7, 11) is 0. The Labute approximate surface area is 210 Å². The maximum absolute atomic E-state index is 13.8. The van der Waals surface area contributed by atoms with Crippen molar-refractivity contribution in [1.29, 1.82) is 0 Å². The summed E-state index contributed by atoms with van der Waals surface area (Å²) in [5.41, 5.74) is 3.32. The molecule has 1 aliphatic carbocycles. The van der Waals surface area contributed by atoms with Gasteiger partial charge in [0.2, 0.25) is 0 Å². The molecule has 1 unspecified atom stereocenters. The average molecular weight is 552 g/mol. The first-order valence-electron chi connectivity index (χ1n) is 9.34. The first-order chi connectivity index (χ1) is 14.6. The van der Waals surface area contributed by atoms with E-state index < -0.39 is 34.6 Å². The third kappa shape index (κ3) is 6.24. The van der Waals surface area contributed by atoms with Gasteiger partial charge in [-0.25, -0.2) is 27.5 Å². The second-order valence-electron chi connectivity index (χ2n) is 7.08. The average Bonchev–Trinajstić information content (AvgIpc) is 3.29. The van der Waals surface area contributed by atoms with Crippen LogP contribution in [0.4, 0.5) is 22.0 Å². The molecule has 3 aromatic rings. The van der Waals surface area contributed by atoms with Crippen molar-refractivity contribution in [3.8, 4) is 11.1 Å². The summed E-state index contributed by atoms with van der Waals surface area (Å²) < 4.78 is 67.0. The molecule has 3 aromatic carbocycles. The predicted molar refractivity (Wildman–Crippen MR) is 123 cm³/mol. The SMILES string of the molecule is CC1=[C-]C(C)C(C)=C1C.Fc1c(F)c(F)c(-c2c[cH-]c3ccccc23)c(F)c1F.[CH3-].[CH3-].[Si]=[Zr]. The summed E-state index contributed by atoms with van der Waals surface area (Å²) in [6.07, 6.45) is 3.36. The van der Waals surface area contributed by atoms with Crippen molar-refractivity contribution >= 4 is 17.7 Å². The second-order valence-corrected chi connectivity index (χ2v) is 7.08. The molecule has 0 aliphatic heterocycles. The van der Waals surface area contributed by atoms with Crippen LogP contribution in [-0.2, 0) is 23.3 Å². The molecule has 0 nitrogen and oxygen atoms in total. The molecule has 1 atom stereocenters. The van der Waals surface area contributed by atoms with Crippen molar-refractivity contribution in [2.45, 2.75) is 27.7 Å². The number of halogens is 5. The number of rotatable bonds is 1. The molecule has 0 saturated carbocycles. The summed E-state index contributed by atoms with van der Waals surface area (Å²) in [6, 6.07) is 9.47. The van der Waals surface area contributed by atoms with Gasteiger partial charge in [0.15, 0.2) is 29.1 Å². The Morgan fingerprint density at radius 1 is 0.848 bits per heavy atom. The van der Waals surface area contributed by atoms with Gasteiger partial charge in [0.25, 0.3) is 0 Å². The molecule has 1 aliphatic rings. The first-order valence-corrected chi connectivity index (χ1v) is 13.5. The van der Waals surface area contributed by atoms with E-state index in [1.807, 2.05) is 0 Å². The molecule has 0 amide bonds. The maximum atomic E-state index is 13.8. The van der Waals surface area contributed by atoms with Crippen molar-refractivity contribution < 1.29 is 45.3 Å². The molecule has 4 rings (SSSR count). The quantitative estimate of drug-likeness (QED) is 0.0941. The van der Waals surface area contributed by atoms with E-state index in [2.05, 4.69) is 40.7 Å². The molecule has 0 N–H and O–H groups in total. The van der Waals surface area contributed by atoms with E-state index in [-0.39, 0.29) is 20.4 Å². The molecule has 2 radical (unpaired) electrons. The monoisotopic (exact) mass is 550 g/mol. The molecule has 0 fully saturated rings. The summed E-state index contributed by atoms with van der Waals surface area (Å²) in [5.74, 6) is -9.12. The van der Waals surface area contributed by atoms with Crippen molar-refractivity contribution in [3.63, 3.8) is 0 Å². The Morgan fingerprint density at radius 3 is 1.76 bits per heavy atom. The zero-order valence-electron chi connectivity index (χ0n) is 19.4. The van der Waals surface area contributed by atoms with Gasteiger partial charge in [-0.1, -0.05) is 32.8 Å². The molecule has 176 valence electrons. The minimum absolute atomic E-state index is 0. The molecule has 0 aromatic heterocycles. The summed E-state index contributed by atoms with van der Waals surface area (Å²) in [4.78, 5) is 0. The summed E-state index contributed by atoms with van der Waals surface area (Å²) in [6.45, 7) is 11.7. The zero-order chi connectivity index (χ0) is 23.5.